The van der Waals surface area contributed by atoms with Crippen LogP contribution in [0.2, 0.25) is 0 Å². The number of rotatable bonds is 7. The van der Waals surface area contributed by atoms with Crippen LogP contribution in [0, 0.1) is 38.1 Å². The van der Waals surface area contributed by atoms with Crippen LogP contribution < -0.4 is 9.47 Å². The first-order chi connectivity index (χ1) is 24.7. The largest absolute Gasteiger partial charge is 2.00 e. The first-order valence-electron chi connectivity index (χ1n) is 16.5. The Hall–Kier alpha value is -5.13. The molecule has 8 aromatic rings. The van der Waals surface area contributed by atoms with Crippen molar-refractivity contribution in [3.8, 4) is 51.5 Å². The molecule has 8 rings (SSSR count). The van der Waals surface area contributed by atoms with Crippen molar-refractivity contribution in [2.45, 2.75) is 40.0 Å². The van der Waals surface area contributed by atoms with Crippen LogP contribution in [-0.4, -0.2) is 34.9 Å². The molecule has 4 heterocycles. The molecule has 0 bridgehead atoms. The third-order valence-corrected chi connectivity index (χ3v) is 8.23. The summed E-state index contributed by atoms with van der Waals surface area (Å²) in [6, 6.07) is 40.7. The molecule has 9 nitrogen and oxygen atoms in total. The van der Waals surface area contributed by atoms with Crippen molar-refractivity contribution < 1.29 is 51.0 Å². The smallest absolute Gasteiger partial charge is 0.503 e. The molecular weight excluding hydrogens is 936 g/mol. The molecule has 0 saturated heterocycles. The number of pyridine rings is 2. The van der Waals surface area contributed by atoms with Crippen LogP contribution in [0.3, 0.4) is 0 Å². The van der Waals surface area contributed by atoms with Crippen molar-refractivity contribution in [2.75, 3.05) is 0 Å². The molecule has 4 aromatic heterocycles. The van der Waals surface area contributed by atoms with Crippen LogP contribution >= 0.6 is 0 Å². The molecule has 53 heavy (non-hydrogen) atoms. The van der Waals surface area contributed by atoms with Gasteiger partial charge in [0.15, 0.2) is 5.82 Å². The van der Waals surface area contributed by atoms with Gasteiger partial charge in [0, 0.05) is 40.8 Å². The van der Waals surface area contributed by atoms with Crippen molar-refractivity contribution in [3.05, 3.63) is 139 Å². The van der Waals surface area contributed by atoms with Gasteiger partial charge in [0.25, 0.3) is 5.95 Å². The van der Waals surface area contributed by atoms with Crippen LogP contribution in [0.25, 0.3) is 50.3 Å². The maximum absolute atomic E-state index is 6.32. The standard InChI is InChI=1S/C42H31N7O2.Pd.Pt/c1-26-16-18-43-36(20-26)28-8-6-10-30(22-28)50-32-12-14-34-35-15-13-33(51-31-11-7-9-29(23-31)37-21-27(2)17-19-44-37)25-39(35)49(38(34)24-32)41-47-45-40(46-48-41)42(3,4)5;;/h6-21H,1-5H3;;/q-4;2*+2. The Morgan fingerprint density at radius 3 is 1.45 bits per heavy atom. The molecule has 0 unspecified atom stereocenters. The van der Waals surface area contributed by atoms with Gasteiger partial charge < -0.3 is 24.0 Å². The third-order valence-electron chi connectivity index (χ3n) is 8.23. The summed E-state index contributed by atoms with van der Waals surface area (Å²) in [7, 11) is 0. The summed E-state index contributed by atoms with van der Waals surface area (Å²) in [5.74, 6) is 2.83. The van der Waals surface area contributed by atoms with E-state index in [0.29, 0.717) is 39.9 Å². The van der Waals surface area contributed by atoms with E-state index < -0.39 is 0 Å². The zero-order valence-corrected chi connectivity index (χ0v) is 33.1. The fraction of sp³-hybridized carbons (Fsp3) is 0.143. The topological polar surface area (TPSA) is 101 Å². The van der Waals surface area contributed by atoms with E-state index in [9.17, 15) is 0 Å². The normalized spacial score (nSPS) is 11.2. The number of aromatic nitrogens is 7. The minimum Gasteiger partial charge on any atom is -0.503 e. The van der Waals surface area contributed by atoms with Gasteiger partial charge in [-0.1, -0.05) is 67.2 Å². The van der Waals surface area contributed by atoms with Crippen LogP contribution in [-0.2, 0) is 46.9 Å². The molecule has 11 heteroatoms. The summed E-state index contributed by atoms with van der Waals surface area (Å²) in [6.07, 6.45) is 3.58. The number of fused-ring (bicyclic) bond motifs is 3. The summed E-state index contributed by atoms with van der Waals surface area (Å²) in [5, 5.41) is 19.7. The average molecular weight is 967 g/mol. The van der Waals surface area contributed by atoms with Gasteiger partial charge in [-0.05, 0) is 37.4 Å². The Kier molecular flexibility index (Phi) is 11.0. The van der Waals surface area contributed by atoms with Crippen molar-refractivity contribution in [2.24, 2.45) is 0 Å². The number of nitrogens with zero attached hydrogens (tertiary/aromatic N) is 7. The van der Waals surface area contributed by atoms with Gasteiger partial charge in [0.2, 0.25) is 0 Å². The van der Waals surface area contributed by atoms with Gasteiger partial charge in [-0.15, -0.1) is 92.2 Å². The summed E-state index contributed by atoms with van der Waals surface area (Å²) in [4.78, 5) is 9.00. The molecule has 0 radical (unpaired) electrons. The molecule has 0 aliphatic rings. The Morgan fingerprint density at radius 2 is 1.02 bits per heavy atom. The molecule has 0 N–H and O–H groups in total. The molecule has 0 atom stereocenters. The Bertz CT molecular complexity index is 2420. The molecule has 0 spiro atoms. The maximum Gasteiger partial charge on any atom is 2.00 e. The zero-order chi connectivity index (χ0) is 35.1. The van der Waals surface area contributed by atoms with Gasteiger partial charge in [-0.25, -0.2) is 0 Å². The monoisotopic (exact) mass is 966 g/mol. The van der Waals surface area contributed by atoms with Crippen molar-refractivity contribution >= 4 is 21.8 Å². The SMILES string of the molecule is Cc1ccnc(-c2[c-]c(Oc3[c-]c4c(cc3)c3ccc(Oc5[c-]c(-c6cc(C)ccn6)ccc5)[c-]c3n4-c3nnc(C(C)(C)C)nn3)ccc2)c1.[Pd+2].[Pt+2]. The van der Waals surface area contributed by atoms with Gasteiger partial charge in [0.1, 0.15) is 0 Å². The number of aryl methyl sites for hydroxylation is 2. The molecule has 0 saturated carbocycles. The van der Waals surface area contributed by atoms with Crippen molar-refractivity contribution in [1.82, 2.24) is 34.9 Å². The number of hydrogen-bond donors (Lipinski definition) is 0. The number of ether oxygens (including phenoxy) is 2. The molecule has 4 aromatic carbocycles. The molecule has 0 aliphatic carbocycles. The second-order valence-corrected chi connectivity index (χ2v) is 13.3. The summed E-state index contributed by atoms with van der Waals surface area (Å²) in [5.41, 5.74) is 6.54. The Morgan fingerprint density at radius 1 is 0.566 bits per heavy atom. The fourth-order valence-corrected chi connectivity index (χ4v) is 5.68. The van der Waals surface area contributed by atoms with Gasteiger partial charge >= 0.3 is 41.5 Å². The first-order valence-corrected chi connectivity index (χ1v) is 16.5. The van der Waals surface area contributed by atoms with E-state index in [0.717, 1.165) is 44.4 Å². The second kappa shape index (κ2) is 15.5. The van der Waals surface area contributed by atoms with E-state index in [4.69, 9.17) is 9.47 Å². The average Bonchev–Trinajstić information content (AvgIpc) is 3.44. The molecule has 0 amide bonds. The molecule has 266 valence electrons. The predicted octanol–water partition coefficient (Wildman–Crippen LogP) is 9.18. The minimum atomic E-state index is -0.322. The van der Waals surface area contributed by atoms with E-state index in [-0.39, 0.29) is 52.9 Å². The second-order valence-electron chi connectivity index (χ2n) is 13.3. The Balaban J connectivity index is 0.00000240. The van der Waals surface area contributed by atoms with Gasteiger partial charge in [0.05, 0.1) is 0 Å². The molecule has 0 fully saturated rings. The van der Waals surface area contributed by atoms with E-state index in [2.05, 4.69) is 54.6 Å². The van der Waals surface area contributed by atoms with Crippen molar-refractivity contribution in [3.63, 3.8) is 0 Å². The first kappa shape index (κ1) is 37.6. The van der Waals surface area contributed by atoms with Crippen LogP contribution in [0.1, 0.15) is 37.7 Å². The summed E-state index contributed by atoms with van der Waals surface area (Å²) < 4.78 is 14.5. The quantitative estimate of drug-likeness (QED) is 0.115. The molecule has 0 aliphatic heterocycles. The van der Waals surface area contributed by atoms with Crippen LogP contribution in [0.15, 0.2) is 97.3 Å². The minimum absolute atomic E-state index is 0. The predicted molar refractivity (Wildman–Crippen MR) is 195 cm³/mol. The zero-order valence-electron chi connectivity index (χ0n) is 29.3. The van der Waals surface area contributed by atoms with Crippen molar-refractivity contribution in [1.29, 1.82) is 0 Å². The Labute approximate surface area is 335 Å². The summed E-state index contributed by atoms with van der Waals surface area (Å²) in [6.45, 7) is 10.1. The van der Waals surface area contributed by atoms with E-state index >= 15 is 0 Å². The maximum atomic E-state index is 6.32. The van der Waals surface area contributed by atoms with Gasteiger partial charge in [-0.2, -0.15) is 22.9 Å². The fourth-order valence-electron chi connectivity index (χ4n) is 5.68. The van der Waals surface area contributed by atoms with E-state index in [1.165, 1.54) is 0 Å². The van der Waals surface area contributed by atoms with Crippen LogP contribution in [0.4, 0.5) is 0 Å². The summed E-state index contributed by atoms with van der Waals surface area (Å²) >= 11 is 0. The van der Waals surface area contributed by atoms with Crippen LogP contribution in [0.5, 0.6) is 23.0 Å². The molecular formula is C42H31N7O2PdPt. The van der Waals surface area contributed by atoms with E-state index in [1.807, 2.05) is 124 Å². The third kappa shape index (κ3) is 7.96. The van der Waals surface area contributed by atoms with E-state index in [1.54, 1.807) is 12.4 Å². The number of benzene rings is 4. The number of hydrogen-bond acceptors (Lipinski definition) is 8. The van der Waals surface area contributed by atoms with Gasteiger partial charge in [-0.3, -0.25) is 0 Å².